The van der Waals surface area contributed by atoms with Gasteiger partial charge in [0.05, 0.1) is 0 Å². The lowest BCUT2D eigenvalue weighted by molar-refractivity contribution is -0.148. The molecule has 0 aromatic heterocycles. The maximum atomic E-state index is 12.6. The minimum atomic E-state index is -1.25. The van der Waals surface area contributed by atoms with Crippen LogP contribution in [0.5, 0.6) is 0 Å². The number of aliphatic carboxylic acids is 1. The summed E-state index contributed by atoms with van der Waals surface area (Å²) in [5.41, 5.74) is 1.65. The molecule has 26 heavy (non-hydrogen) atoms. The molecule has 0 bridgehead atoms. The van der Waals surface area contributed by atoms with Gasteiger partial charge in [-0.3, -0.25) is 4.90 Å². The molecule has 1 N–H and O–H groups in total. The summed E-state index contributed by atoms with van der Waals surface area (Å²) in [4.78, 5) is 26.1. The Labute approximate surface area is 153 Å². The van der Waals surface area contributed by atoms with Crippen LogP contribution in [0.1, 0.15) is 29.5 Å². The molecule has 1 heterocycles. The minimum Gasteiger partial charge on any atom is -0.479 e. The fourth-order valence-corrected chi connectivity index (χ4v) is 3.47. The molecule has 1 saturated heterocycles. The van der Waals surface area contributed by atoms with Crippen LogP contribution in [0.3, 0.4) is 0 Å². The van der Waals surface area contributed by atoms with E-state index in [1.807, 2.05) is 61.5 Å². The molecule has 2 aromatic carbocycles. The number of likely N-dealkylation sites (tertiary alicyclic amines) is 1. The number of carbonyl (C=O) groups is 2. The fourth-order valence-electron chi connectivity index (χ4n) is 3.47. The van der Waals surface area contributed by atoms with Gasteiger partial charge in [-0.1, -0.05) is 60.2 Å². The third kappa shape index (κ3) is 3.72. The van der Waals surface area contributed by atoms with E-state index in [0.717, 1.165) is 16.7 Å². The van der Waals surface area contributed by atoms with Crippen molar-refractivity contribution in [1.82, 2.24) is 4.90 Å². The van der Waals surface area contributed by atoms with Crippen LogP contribution >= 0.6 is 0 Å². The Morgan fingerprint density at radius 2 is 1.77 bits per heavy atom. The van der Waals surface area contributed by atoms with E-state index in [4.69, 9.17) is 4.74 Å². The van der Waals surface area contributed by atoms with Gasteiger partial charge in [0.25, 0.3) is 0 Å². The average molecular weight is 353 g/mol. The molecule has 1 atom stereocenters. The van der Waals surface area contributed by atoms with Crippen LogP contribution in [0, 0.1) is 6.92 Å². The normalized spacial score (nSPS) is 19.3. The Balaban J connectivity index is 1.76. The van der Waals surface area contributed by atoms with Gasteiger partial charge in [-0.2, -0.15) is 0 Å². The lowest BCUT2D eigenvalue weighted by atomic mass is 9.88. The molecule has 2 aromatic rings. The van der Waals surface area contributed by atoms with E-state index in [0.29, 0.717) is 19.4 Å². The zero-order chi connectivity index (χ0) is 18.6. The van der Waals surface area contributed by atoms with E-state index in [2.05, 4.69) is 0 Å². The van der Waals surface area contributed by atoms with E-state index in [1.54, 1.807) is 0 Å². The second-order valence-corrected chi connectivity index (χ2v) is 6.79. The quantitative estimate of drug-likeness (QED) is 0.888. The van der Waals surface area contributed by atoms with Crippen molar-refractivity contribution in [2.45, 2.75) is 38.3 Å². The van der Waals surface area contributed by atoms with Crippen LogP contribution < -0.4 is 0 Å². The largest absolute Gasteiger partial charge is 0.479 e. The van der Waals surface area contributed by atoms with Gasteiger partial charge in [0.1, 0.15) is 12.1 Å². The molecule has 0 saturated carbocycles. The standard InChI is InChI=1S/C21H23NO4/c1-16-8-10-17(11-9-16)14-21(19(23)24)12-5-13-22(21)20(25)26-15-18-6-3-2-4-7-18/h2-4,6-11H,5,12-15H2,1H3,(H,23,24)/t21-/m1/s1. The predicted octanol–water partition coefficient (Wildman–Crippen LogP) is 3.79. The molecule has 1 amide bonds. The Morgan fingerprint density at radius 1 is 1.08 bits per heavy atom. The molecule has 1 fully saturated rings. The van der Waals surface area contributed by atoms with Gasteiger partial charge in [0.15, 0.2) is 0 Å². The SMILES string of the molecule is Cc1ccc(C[C@@]2(C(=O)O)CCCN2C(=O)OCc2ccccc2)cc1. The van der Waals surface area contributed by atoms with Gasteiger partial charge < -0.3 is 9.84 Å². The first-order chi connectivity index (χ1) is 12.5. The van der Waals surface area contributed by atoms with E-state index < -0.39 is 17.6 Å². The summed E-state index contributed by atoms with van der Waals surface area (Å²) in [5.74, 6) is -0.979. The van der Waals surface area contributed by atoms with E-state index in [1.165, 1.54) is 4.90 Å². The number of rotatable bonds is 5. The zero-order valence-corrected chi connectivity index (χ0v) is 14.9. The van der Waals surface area contributed by atoms with E-state index in [9.17, 15) is 14.7 Å². The number of hydrogen-bond donors (Lipinski definition) is 1. The summed E-state index contributed by atoms with van der Waals surface area (Å²) in [5, 5.41) is 9.93. The van der Waals surface area contributed by atoms with Crippen molar-refractivity contribution in [3.05, 3.63) is 71.3 Å². The van der Waals surface area contributed by atoms with Crippen LogP contribution in [0.25, 0.3) is 0 Å². The molecule has 5 nitrogen and oxygen atoms in total. The second-order valence-electron chi connectivity index (χ2n) is 6.79. The highest BCUT2D eigenvalue weighted by Crippen LogP contribution is 2.34. The minimum absolute atomic E-state index is 0.135. The summed E-state index contributed by atoms with van der Waals surface area (Å²) in [6, 6.07) is 17.1. The first-order valence-corrected chi connectivity index (χ1v) is 8.78. The highest BCUT2D eigenvalue weighted by Gasteiger charge is 2.50. The number of carbonyl (C=O) groups excluding carboxylic acids is 1. The second kappa shape index (κ2) is 7.60. The van der Waals surface area contributed by atoms with Crippen LogP contribution in [-0.2, 0) is 22.6 Å². The number of ether oxygens (including phenoxy) is 1. The first kappa shape index (κ1) is 18.0. The summed E-state index contributed by atoms with van der Waals surface area (Å²) in [6.45, 7) is 2.52. The van der Waals surface area contributed by atoms with Gasteiger partial charge in [-0.15, -0.1) is 0 Å². The fraction of sp³-hybridized carbons (Fsp3) is 0.333. The van der Waals surface area contributed by atoms with Crippen molar-refractivity contribution in [1.29, 1.82) is 0 Å². The molecule has 1 aliphatic heterocycles. The van der Waals surface area contributed by atoms with Crippen molar-refractivity contribution < 1.29 is 19.4 Å². The summed E-state index contributed by atoms with van der Waals surface area (Å²) < 4.78 is 5.40. The Kier molecular flexibility index (Phi) is 5.26. The molecule has 3 rings (SSSR count). The number of carboxylic acids is 1. The van der Waals surface area contributed by atoms with E-state index >= 15 is 0 Å². The molecule has 0 aliphatic carbocycles. The molecular formula is C21H23NO4. The van der Waals surface area contributed by atoms with Crippen molar-refractivity contribution in [2.24, 2.45) is 0 Å². The smallest absolute Gasteiger partial charge is 0.411 e. The molecule has 0 spiro atoms. The molecule has 1 aliphatic rings. The number of nitrogens with zero attached hydrogens (tertiary/aromatic N) is 1. The van der Waals surface area contributed by atoms with Gasteiger partial charge in [-0.25, -0.2) is 9.59 Å². The van der Waals surface area contributed by atoms with Gasteiger partial charge in [0.2, 0.25) is 0 Å². The maximum absolute atomic E-state index is 12.6. The van der Waals surface area contributed by atoms with Crippen LogP contribution in [0.2, 0.25) is 0 Å². The van der Waals surface area contributed by atoms with Crippen molar-refractivity contribution >= 4 is 12.1 Å². The Bertz CT molecular complexity index is 772. The van der Waals surface area contributed by atoms with Crippen LogP contribution in [0.15, 0.2) is 54.6 Å². The molecule has 0 radical (unpaired) electrons. The number of aryl methyl sites for hydroxylation is 1. The molecule has 5 heteroatoms. The maximum Gasteiger partial charge on any atom is 0.411 e. The third-order valence-corrected chi connectivity index (χ3v) is 4.93. The first-order valence-electron chi connectivity index (χ1n) is 8.78. The lowest BCUT2D eigenvalue weighted by Gasteiger charge is -2.34. The Hall–Kier alpha value is -2.82. The van der Waals surface area contributed by atoms with Gasteiger partial charge in [0, 0.05) is 13.0 Å². The van der Waals surface area contributed by atoms with Gasteiger partial charge in [-0.05, 0) is 30.9 Å². The number of hydrogen-bond acceptors (Lipinski definition) is 3. The van der Waals surface area contributed by atoms with Crippen LogP contribution in [-0.4, -0.2) is 34.2 Å². The number of benzene rings is 2. The summed E-state index contributed by atoms with van der Waals surface area (Å²) in [7, 11) is 0. The summed E-state index contributed by atoms with van der Waals surface area (Å²) in [6.07, 6.45) is 0.791. The van der Waals surface area contributed by atoms with Crippen molar-refractivity contribution in [2.75, 3.05) is 6.54 Å². The monoisotopic (exact) mass is 353 g/mol. The van der Waals surface area contributed by atoms with Gasteiger partial charge >= 0.3 is 12.1 Å². The molecule has 0 unspecified atom stereocenters. The van der Waals surface area contributed by atoms with Crippen molar-refractivity contribution in [3.63, 3.8) is 0 Å². The summed E-state index contributed by atoms with van der Waals surface area (Å²) >= 11 is 0. The van der Waals surface area contributed by atoms with Crippen LogP contribution in [0.4, 0.5) is 4.79 Å². The molecular weight excluding hydrogens is 330 g/mol. The van der Waals surface area contributed by atoms with Crippen molar-refractivity contribution in [3.8, 4) is 0 Å². The highest BCUT2D eigenvalue weighted by atomic mass is 16.6. The third-order valence-electron chi connectivity index (χ3n) is 4.93. The number of amides is 1. The Morgan fingerprint density at radius 3 is 2.42 bits per heavy atom. The van der Waals surface area contributed by atoms with E-state index in [-0.39, 0.29) is 13.0 Å². The zero-order valence-electron chi connectivity index (χ0n) is 14.9. The molecule has 136 valence electrons. The topological polar surface area (TPSA) is 66.8 Å². The highest BCUT2D eigenvalue weighted by molar-refractivity contribution is 5.85. The average Bonchev–Trinajstić information content (AvgIpc) is 3.07. The number of carboxylic acid groups (broad SMARTS) is 1. The lowest BCUT2D eigenvalue weighted by Crippen LogP contribution is -2.54. The predicted molar refractivity (Wildman–Crippen MR) is 97.8 cm³/mol.